The molecule has 184 valence electrons. The van der Waals surface area contributed by atoms with Crippen LogP contribution >= 0.6 is 34.8 Å². The number of carboxylic acid groups (broad SMARTS) is 1. The number of halogens is 3. The van der Waals surface area contributed by atoms with Crippen LogP contribution in [-0.4, -0.2) is 59.6 Å². The number of hydrogen-bond donors (Lipinski definition) is 2. The van der Waals surface area contributed by atoms with E-state index >= 15 is 0 Å². The zero-order chi connectivity index (χ0) is 24.2. The number of aliphatic carboxylic acids is 1. The molecule has 0 aromatic heterocycles. The first-order valence-corrected chi connectivity index (χ1v) is 13.1. The molecule has 4 rings (SSSR count). The molecule has 2 N–H and O–H groups in total. The molecule has 0 bridgehead atoms. The standard InChI is InChI=1S/C26H32Cl3N3O2/c1-17(22-6-5-20(27)14-24(22)29)30-25-13-19(4-7-23(25)28)18-8-11-32(12-9-18)21-3-2-10-31(15-21)16-26(33)34/h4-7,13-14,17-18,21,30H,2-3,8-12,15-16H2,1H3,(H,33,34)/t17-,21?/m1/s1. The number of likely N-dealkylation sites (tertiary alicyclic amines) is 2. The summed E-state index contributed by atoms with van der Waals surface area (Å²) in [6.07, 6.45) is 4.41. The lowest BCUT2D eigenvalue weighted by molar-refractivity contribution is -0.138. The number of rotatable bonds is 7. The Balaban J connectivity index is 1.37. The smallest absolute Gasteiger partial charge is 0.317 e. The van der Waals surface area contributed by atoms with Crippen LogP contribution in [0.3, 0.4) is 0 Å². The van der Waals surface area contributed by atoms with E-state index in [0.29, 0.717) is 27.0 Å². The van der Waals surface area contributed by atoms with Gasteiger partial charge in [0.25, 0.3) is 0 Å². The maximum Gasteiger partial charge on any atom is 0.317 e. The zero-order valence-electron chi connectivity index (χ0n) is 19.4. The molecule has 5 nitrogen and oxygen atoms in total. The molecule has 2 saturated heterocycles. The minimum atomic E-state index is -0.737. The van der Waals surface area contributed by atoms with Crippen molar-refractivity contribution in [1.29, 1.82) is 0 Å². The molecule has 0 aliphatic carbocycles. The van der Waals surface area contributed by atoms with Crippen molar-refractivity contribution in [3.05, 3.63) is 62.6 Å². The van der Waals surface area contributed by atoms with Crippen molar-refractivity contribution in [3.8, 4) is 0 Å². The summed E-state index contributed by atoms with van der Waals surface area (Å²) < 4.78 is 0. The quantitative estimate of drug-likeness (QED) is 0.430. The third-order valence-electron chi connectivity index (χ3n) is 7.15. The van der Waals surface area contributed by atoms with E-state index in [9.17, 15) is 4.79 Å². The Morgan fingerprint density at radius 2 is 1.82 bits per heavy atom. The van der Waals surface area contributed by atoms with Crippen LogP contribution in [0.25, 0.3) is 0 Å². The van der Waals surface area contributed by atoms with Gasteiger partial charge in [-0.25, -0.2) is 0 Å². The summed E-state index contributed by atoms with van der Waals surface area (Å²) in [5.41, 5.74) is 3.19. The maximum atomic E-state index is 11.1. The van der Waals surface area contributed by atoms with E-state index in [1.165, 1.54) is 5.56 Å². The van der Waals surface area contributed by atoms with Gasteiger partial charge in [-0.05, 0) is 93.6 Å². The molecule has 2 heterocycles. The van der Waals surface area contributed by atoms with Crippen LogP contribution in [0.5, 0.6) is 0 Å². The summed E-state index contributed by atoms with van der Waals surface area (Å²) in [6, 6.07) is 12.3. The van der Waals surface area contributed by atoms with E-state index in [0.717, 1.165) is 63.1 Å². The minimum absolute atomic E-state index is 0.0144. The summed E-state index contributed by atoms with van der Waals surface area (Å²) >= 11 is 19.0. The predicted molar refractivity (Wildman–Crippen MR) is 141 cm³/mol. The fourth-order valence-corrected chi connectivity index (χ4v) is 6.08. The van der Waals surface area contributed by atoms with Crippen LogP contribution in [0, 0.1) is 0 Å². The molecule has 2 fully saturated rings. The summed E-state index contributed by atoms with van der Waals surface area (Å²) in [5, 5.41) is 14.6. The number of piperidine rings is 2. The monoisotopic (exact) mass is 523 g/mol. The molecule has 1 unspecified atom stereocenters. The third-order valence-corrected chi connectivity index (χ3v) is 8.04. The third kappa shape index (κ3) is 6.38. The number of nitrogens with one attached hydrogen (secondary N) is 1. The SMILES string of the molecule is C[C@@H](Nc1cc(C2CCN(C3CCCN(CC(=O)O)C3)CC2)ccc1Cl)c1ccc(Cl)cc1Cl. The van der Waals surface area contributed by atoms with Crippen molar-refractivity contribution < 1.29 is 9.90 Å². The summed E-state index contributed by atoms with van der Waals surface area (Å²) in [6.45, 7) is 6.04. The fourth-order valence-electron chi connectivity index (χ4n) is 5.33. The number of benzene rings is 2. The van der Waals surface area contributed by atoms with Crippen molar-refractivity contribution in [2.45, 2.75) is 50.6 Å². The van der Waals surface area contributed by atoms with E-state index < -0.39 is 5.97 Å². The van der Waals surface area contributed by atoms with Crippen molar-refractivity contribution >= 4 is 46.5 Å². The molecule has 2 aromatic rings. The highest BCUT2D eigenvalue weighted by molar-refractivity contribution is 6.35. The molecule has 8 heteroatoms. The molecular formula is C26H32Cl3N3O2. The Kier molecular flexibility index (Phi) is 8.65. The van der Waals surface area contributed by atoms with Gasteiger partial charge in [-0.2, -0.15) is 0 Å². The topological polar surface area (TPSA) is 55.8 Å². The van der Waals surface area contributed by atoms with Crippen LogP contribution in [-0.2, 0) is 4.79 Å². The second kappa shape index (κ2) is 11.5. The second-order valence-corrected chi connectivity index (χ2v) is 10.8. The van der Waals surface area contributed by atoms with Gasteiger partial charge in [0.2, 0.25) is 0 Å². The normalized spacial score (nSPS) is 21.4. The van der Waals surface area contributed by atoms with E-state index in [1.54, 1.807) is 6.07 Å². The molecule has 2 atom stereocenters. The maximum absolute atomic E-state index is 11.1. The molecule has 0 amide bonds. The number of nitrogens with zero attached hydrogens (tertiary/aromatic N) is 2. The van der Waals surface area contributed by atoms with Crippen molar-refractivity contribution in [1.82, 2.24) is 9.80 Å². The first-order chi connectivity index (χ1) is 16.3. The van der Waals surface area contributed by atoms with Gasteiger partial charge in [-0.3, -0.25) is 14.6 Å². The van der Waals surface area contributed by atoms with Crippen LogP contribution in [0.2, 0.25) is 15.1 Å². The highest BCUT2D eigenvalue weighted by Gasteiger charge is 2.30. The van der Waals surface area contributed by atoms with Gasteiger partial charge in [0.05, 0.1) is 23.3 Å². The lowest BCUT2D eigenvalue weighted by atomic mass is 9.88. The summed E-state index contributed by atoms with van der Waals surface area (Å²) in [7, 11) is 0. The van der Waals surface area contributed by atoms with Crippen LogP contribution < -0.4 is 5.32 Å². The van der Waals surface area contributed by atoms with Crippen LogP contribution in [0.1, 0.15) is 55.7 Å². The lowest BCUT2D eigenvalue weighted by Gasteiger charge is -2.42. The Bertz CT molecular complexity index is 1010. The number of carbonyl (C=O) groups is 1. The first-order valence-electron chi connectivity index (χ1n) is 12.0. The molecule has 0 radical (unpaired) electrons. The van der Waals surface area contributed by atoms with Gasteiger partial charge in [0, 0.05) is 22.6 Å². The highest BCUT2D eigenvalue weighted by atomic mass is 35.5. The molecule has 2 aliphatic rings. The van der Waals surface area contributed by atoms with Crippen molar-refractivity contribution in [3.63, 3.8) is 0 Å². The van der Waals surface area contributed by atoms with Crippen molar-refractivity contribution in [2.75, 3.05) is 38.0 Å². The van der Waals surface area contributed by atoms with E-state index in [1.807, 2.05) is 18.2 Å². The van der Waals surface area contributed by atoms with Crippen LogP contribution in [0.15, 0.2) is 36.4 Å². The lowest BCUT2D eigenvalue weighted by Crippen LogP contribution is -2.51. The number of hydrogen-bond acceptors (Lipinski definition) is 4. The molecule has 2 aliphatic heterocycles. The van der Waals surface area contributed by atoms with Gasteiger partial charge in [-0.15, -0.1) is 0 Å². The molecule has 0 spiro atoms. The van der Waals surface area contributed by atoms with Gasteiger partial charge in [-0.1, -0.05) is 46.9 Å². The Morgan fingerprint density at radius 3 is 2.53 bits per heavy atom. The van der Waals surface area contributed by atoms with Gasteiger partial charge >= 0.3 is 5.97 Å². The Labute approximate surface area is 217 Å². The fraction of sp³-hybridized carbons (Fsp3) is 0.500. The number of carboxylic acids is 1. The zero-order valence-corrected chi connectivity index (χ0v) is 21.7. The molecule has 34 heavy (non-hydrogen) atoms. The first kappa shape index (κ1) is 25.6. The van der Waals surface area contributed by atoms with Gasteiger partial charge < -0.3 is 10.4 Å². The van der Waals surface area contributed by atoms with Gasteiger partial charge in [0.15, 0.2) is 0 Å². The highest BCUT2D eigenvalue weighted by Crippen LogP contribution is 2.36. The van der Waals surface area contributed by atoms with E-state index in [2.05, 4.69) is 34.2 Å². The Hall–Kier alpha value is -1.50. The van der Waals surface area contributed by atoms with Gasteiger partial charge in [0.1, 0.15) is 0 Å². The summed E-state index contributed by atoms with van der Waals surface area (Å²) in [5.74, 6) is -0.249. The van der Waals surface area contributed by atoms with E-state index in [-0.39, 0.29) is 12.6 Å². The predicted octanol–water partition coefficient (Wildman–Crippen LogP) is 6.55. The number of anilines is 1. The Morgan fingerprint density at radius 1 is 1.06 bits per heavy atom. The van der Waals surface area contributed by atoms with E-state index in [4.69, 9.17) is 39.9 Å². The molecular weight excluding hydrogens is 493 g/mol. The molecule has 0 saturated carbocycles. The van der Waals surface area contributed by atoms with Crippen molar-refractivity contribution in [2.24, 2.45) is 0 Å². The minimum Gasteiger partial charge on any atom is -0.480 e. The van der Waals surface area contributed by atoms with Crippen LogP contribution in [0.4, 0.5) is 5.69 Å². The second-order valence-electron chi connectivity index (χ2n) is 9.51. The summed E-state index contributed by atoms with van der Waals surface area (Å²) in [4.78, 5) is 15.7. The average Bonchev–Trinajstić information content (AvgIpc) is 2.80. The largest absolute Gasteiger partial charge is 0.480 e. The molecule has 2 aromatic carbocycles. The average molecular weight is 525 g/mol.